The molecular weight excluding hydrogens is 925 g/mol. The quantitative estimate of drug-likeness (QED) is 0.176. The number of allylic oxidation sites excluding steroid dienone is 14. The van der Waals surface area contributed by atoms with Crippen LogP contribution in [-0.2, 0) is 41.7 Å². The number of halogens is 4. The summed E-state index contributed by atoms with van der Waals surface area (Å²) in [4.78, 5) is 0. The van der Waals surface area contributed by atoms with Crippen LogP contribution in [0.3, 0.4) is 0 Å². The minimum absolute atomic E-state index is 0. The van der Waals surface area contributed by atoms with Gasteiger partial charge in [0, 0.05) is 0 Å². The first-order valence-corrected chi connectivity index (χ1v) is 32.9. The number of hydrogen-bond donors (Lipinski definition) is 0. The molecule has 0 aliphatic heterocycles. The summed E-state index contributed by atoms with van der Waals surface area (Å²) in [6, 6.07) is 0. The van der Waals surface area contributed by atoms with E-state index in [1.165, 1.54) is 89.0 Å². The first-order chi connectivity index (χ1) is 25.0. The van der Waals surface area contributed by atoms with Crippen LogP contribution in [0.2, 0.25) is 0 Å². The van der Waals surface area contributed by atoms with Crippen molar-refractivity contribution >= 4 is 34.1 Å². The number of fused-ring (bicyclic) bond motifs is 4. The van der Waals surface area contributed by atoms with Crippen molar-refractivity contribution in [2.45, 2.75) is 125 Å². The van der Waals surface area contributed by atoms with Crippen LogP contribution in [0.5, 0.6) is 0 Å². The van der Waals surface area contributed by atoms with E-state index in [1.54, 1.807) is 5.57 Å². The molecule has 56 heavy (non-hydrogen) atoms. The van der Waals surface area contributed by atoms with E-state index < -0.39 is 41.7 Å². The molecule has 0 heterocycles. The zero-order valence-corrected chi connectivity index (χ0v) is 44.9. The zero-order chi connectivity index (χ0) is 38.1. The Balaban J connectivity index is 0. The molecule has 0 radical (unpaired) electrons. The summed E-state index contributed by atoms with van der Waals surface area (Å²) in [7, 11) is 19.7. The Bertz CT molecular complexity index is 1250. The van der Waals surface area contributed by atoms with Crippen LogP contribution in [-0.4, -0.2) is 0 Å². The average Bonchev–Trinajstić information content (AvgIpc) is 3.96. The molecule has 7 rings (SSSR count). The summed E-state index contributed by atoms with van der Waals surface area (Å²) in [6.45, 7) is 20.0. The van der Waals surface area contributed by atoms with Crippen molar-refractivity contribution in [3.05, 3.63) is 127 Å². The Morgan fingerprint density at radius 3 is 1.68 bits per heavy atom. The topological polar surface area (TPSA) is 0 Å². The molecular formula is C50H80Cl4Zr2. The fraction of sp³-hybridized carbons (Fsp3) is 0.600. The van der Waals surface area contributed by atoms with Gasteiger partial charge in [0.2, 0.25) is 0 Å². The Hall–Kier alpha value is 0.846. The first-order valence-electron chi connectivity index (χ1n) is 20.3. The van der Waals surface area contributed by atoms with E-state index in [0.29, 0.717) is 29.1 Å². The molecule has 7 aliphatic rings. The number of rotatable bonds is 7. The van der Waals surface area contributed by atoms with Crippen LogP contribution < -0.4 is 0 Å². The van der Waals surface area contributed by atoms with Crippen molar-refractivity contribution in [2.75, 3.05) is 0 Å². The molecule has 4 saturated carbocycles. The van der Waals surface area contributed by atoms with Crippen LogP contribution in [0.15, 0.2) is 97.2 Å². The third-order valence-electron chi connectivity index (χ3n) is 13.3. The molecule has 0 aromatic carbocycles. The molecule has 4 fully saturated rings. The van der Waals surface area contributed by atoms with E-state index in [4.69, 9.17) is 34.1 Å². The van der Waals surface area contributed by atoms with Crippen LogP contribution in [0.4, 0.5) is 0 Å². The summed E-state index contributed by atoms with van der Waals surface area (Å²) in [5.41, 5.74) is 3.65. The van der Waals surface area contributed by atoms with Gasteiger partial charge in [-0.1, -0.05) is 151 Å². The maximum atomic E-state index is 4.93. The Labute approximate surface area is 387 Å². The van der Waals surface area contributed by atoms with E-state index in [0.717, 1.165) is 36.0 Å². The van der Waals surface area contributed by atoms with Gasteiger partial charge in [-0.05, 0) is 122 Å². The molecule has 0 spiro atoms. The van der Waals surface area contributed by atoms with Crippen molar-refractivity contribution < 1.29 is 41.7 Å². The van der Waals surface area contributed by atoms with Gasteiger partial charge in [-0.15, -0.1) is 13.2 Å². The van der Waals surface area contributed by atoms with Gasteiger partial charge in [0.15, 0.2) is 0 Å². The van der Waals surface area contributed by atoms with Gasteiger partial charge in [0.05, 0.1) is 0 Å². The monoisotopic (exact) mass is 1000 g/mol. The summed E-state index contributed by atoms with van der Waals surface area (Å²) >= 11 is -1.65. The zero-order valence-electron chi connectivity index (χ0n) is 36.9. The van der Waals surface area contributed by atoms with Gasteiger partial charge in [0.1, 0.15) is 0 Å². The second-order valence-corrected chi connectivity index (χ2v) is 24.9. The summed E-state index contributed by atoms with van der Waals surface area (Å²) in [6.07, 6.45) is 48.4. The molecule has 0 aromatic heterocycles. The van der Waals surface area contributed by atoms with Crippen molar-refractivity contribution in [3.63, 3.8) is 0 Å². The average molecular weight is 1010 g/mol. The Morgan fingerprint density at radius 1 is 0.643 bits per heavy atom. The third kappa shape index (κ3) is 17.0. The summed E-state index contributed by atoms with van der Waals surface area (Å²) in [5, 5.41) is 0. The van der Waals surface area contributed by atoms with E-state index in [-0.39, 0.29) is 35.1 Å². The van der Waals surface area contributed by atoms with Crippen molar-refractivity contribution in [3.8, 4) is 0 Å². The number of hydrogen-bond acceptors (Lipinski definition) is 0. The van der Waals surface area contributed by atoms with Crippen molar-refractivity contribution in [2.24, 2.45) is 64.1 Å². The molecule has 6 heteroatoms. The van der Waals surface area contributed by atoms with E-state index >= 15 is 0 Å². The van der Waals surface area contributed by atoms with E-state index in [9.17, 15) is 0 Å². The predicted molar refractivity (Wildman–Crippen MR) is 251 cm³/mol. The van der Waals surface area contributed by atoms with Gasteiger partial charge >= 0.3 is 75.7 Å². The normalized spacial score (nSPS) is 29.4. The second kappa shape index (κ2) is 30.8. The van der Waals surface area contributed by atoms with Crippen LogP contribution in [0, 0.1) is 93.8 Å². The molecule has 316 valence electrons. The molecule has 7 aliphatic carbocycles. The first kappa shape index (κ1) is 58.9. The van der Waals surface area contributed by atoms with Crippen molar-refractivity contribution in [1.29, 1.82) is 0 Å². The maximum absolute atomic E-state index is 4.93. The van der Waals surface area contributed by atoms with Crippen LogP contribution in [0.25, 0.3) is 0 Å². The second-order valence-electron chi connectivity index (χ2n) is 17.4. The van der Waals surface area contributed by atoms with Gasteiger partial charge in [-0.2, -0.15) is 0 Å². The van der Waals surface area contributed by atoms with Crippen LogP contribution in [0.1, 0.15) is 125 Å². The van der Waals surface area contributed by atoms with Gasteiger partial charge in [0.25, 0.3) is 0 Å². The Kier molecular flexibility index (Phi) is 32.4. The molecule has 0 N–H and O–H groups in total. The fourth-order valence-electron chi connectivity index (χ4n) is 10.7. The molecule has 0 amide bonds. The summed E-state index contributed by atoms with van der Waals surface area (Å²) in [5.74, 6) is 6.83. The molecule has 9 atom stereocenters. The molecule has 9 unspecified atom stereocenters. The van der Waals surface area contributed by atoms with Crippen molar-refractivity contribution in [1.82, 2.24) is 0 Å². The van der Waals surface area contributed by atoms with Gasteiger partial charge in [-0.25, -0.2) is 0 Å². The van der Waals surface area contributed by atoms with E-state index in [2.05, 4.69) is 121 Å². The van der Waals surface area contributed by atoms with Gasteiger partial charge < -0.3 is 29.7 Å². The molecule has 0 saturated heterocycles. The summed E-state index contributed by atoms with van der Waals surface area (Å²) < 4.78 is 0. The van der Waals surface area contributed by atoms with Gasteiger partial charge in [-0.3, -0.25) is 0 Å². The van der Waals surface area contributed by atoms with Crippen LogP contribution >= 0.6 is 34.1 Å². The fourth-order valence-corrected chi connectivity index (χ4v) is 10.7. The Morgan fingerprint density at radius 2 is 1.16 bits per heavy atom. The van der Waals surface area contributed by atoms with E-state index in [1.807, 2.05) is 0 Å². The SMILES string of the molecule is C1CCCC1.C=CCC1CCC2C=CC=CC21.C=CCCC(C)(C1CCCC1)C1C2C=C(C)C=CC2C2C=CC(C(C)(C)C)=CC21.[CH3-].[CH3-].[CH3-].[CH3-].[Cl][Zr+2][Cl].[Cl][Zr+2][Cl]. The third-order valence-corrected chi connectivity index (χ3v) is 13.3. The molecule has 0 bridgehead atoms. The minimum atomic E-state index is -0.826. The predicted octanol–water partition coefficient (Wildman–Crippen LogP) is 18.1. The molecule has 0 aromatic rings. The molecule has 0 nitrogen and oxygen atoms in total. The standard InChI is InChI=1S/C29H42.C12H16.C5H10.4CH3.4ClH.2Zr/c1-7-8-17-29(6,21-11-9-10-12-21)27-25-18-20(2)13-15-23(25)24-16-14-22(19-26(24)27)28(3,4)5;1-2-5-10-8-9-11-6-3-4-7-12(10)11;1-2-4-5-3-1;;;;;;;;;;/h7,13-16,18-19,21,23-27H,1,8-12,17H2,2-6H3;2-4,6-7,10-12H,1,5,8-9H2;1-5H2;4*1H3;4*1H;;/q;;;4*-1;;;;;2*+4/p-4.